The first-order valence-electron chi connectivity index (χ1n) is 6.62. The molecule has 2 rings (SSSR count). The Labute approximate surface area is 123 Å². The molecular formula is C15H19ClN2S. The van der Waals surface area contributed by atoms with E-state index >= 15 is 0 Å². The van der Waals surface area contributed by atoms with E-state index in [2.05, 4.69) is 34.1 Å². The van der Waals surface area contributed by atoms with Gasteiger partial charge >= 0.3 is 0 Å². The molecule has 0 saturated heterocycles. The Morgan fingerprint density at radius 3 is 2.95 bits per heavy atom. The molecule has 0 spiro atoms. The van der Waals surface area contributed by atoms with E-state index in [9.17, 15) is 0 Å². The molecule has 0 saturated carbocycles. The van der Waals surface area contributed by atoms with Crippen LogP contribution in [0, 0.1) is 0 Å². The summed E-state index contributed by atoms with van der Waals surface area (Å²) in [6.07, 6.45) is 6.66. The fourth-order valence-corrected chi connectivity index (χ4v) is 2.97. The van der Waals surface area contributed by atoms with Crippen molar-refractivity contribution in [2.75, 3.05) is 6.54 Å². The highest BCUT2D eigenvalue weighted by Gasteiger charge is 2.12. The minimum absolute atomic E-state index is 0.425. The number of rotatable bonds is 7. The summed E-state index contributed by atoms with van der Waals surface area (Å²) in [5.41, 5.74) is 2.56. The van der Waals surface area contributed by atoms with Gasteiger partial charge in [0.2, 0.25) is 0 Å². The first-order valence-corrected chi connectivity index (χ1v) is 7.94. The molecular weight excluding hydrogens is 276 g/mol. The molecule has 0 aliphatic carbocycles. The summed E-state index contributed by atoms with van der Waals surface area (Å²) in [4.78, 5) is 4.04. The third-order valence-electron chi connectivity index (χ3n) is 3.07. The van der Waals surface area contributed by atoms with Gasteiger partial charge in [0.1, 0.15) is 0 Å². The van der Waals surface area contributed by atoms with Crippen molar-refractivity contribution in [1.29, 1.82) is 0 Å². The minimum Gasteiger partial charge on any atom is -0.313 e. The third-order valence-corrected chi connectivity index (χ3v) is 4.14. The zero-order valence-electron chi connectivity index (χ0n) is 11.1. The summed E-state index contributed by atoms with van der Waals surface area (Å²) >= 11 is 7.95. The van der Waals surface area contributed by atoms with Gasteiger partial charge in [-0.25, -0.2) is 0 Å². The number of halogens is 1. The Bertz CT molecular complexity index is 485. The van der Waals surface area contributed by atoms with Crippen LogP contribution >= 0.6 is 22.9 Å². The van der Waals surface area contributed by atoms with E-state index in [1.54, 1.807) is 17.5 Å². The summed E-state index contributed by atoms with van der Waals surface area (Å²) in [7, 11) is 0. The lowest BCUT2D eigenvalue weighted by Crippen LogP contribution is -2.33. The van der Waals surface area contributed by atoms with Gasteiger partial charge in [-0.2, -0.15) is 11.3 Å². The molecule has 1 atom stereocenters. The van der Waals surface area contributed by atoms with Gasteiger partial charge in [-0.1, -0.05) is 18.5 Å². The van der Waals surface area contributed by atoms with Gasteiger partial charge in [0, 0.05) is 18.4 Å². The molecule has 0 amide bonds. The lowest BCUT2D eigenvalue weighted by atomic mass is 10.0. The van der Waals surface area contributed by atoms with E-state index < -0.39 is 0 Å². The average molecular weight is 295 g/mol. The molecule has 2 aromatic heterocycles. The van der Waals surface area contributed by atoms with Gasteiger partial charge in [0.25, 0.3) is 0 Å². The highest BCUT2D eigenvalue weighted by atomic mass is 35.5. The van der Waals surface area contributed by atoms with Crippen LogP contribution in [0.2, 0.25) is 5.02 Å². The predicted molar refractivity (Wildman–Crippen MR) is 83.1 cm³/mol. The van der Waals surface area contributed by atoms with Crippen LogP contribution in [0.3, 0.4) is 0 Å². The summed E-state index contributed by atoms with van der Waals surface area (Å²) in [6, 6.07) is 4.63. The number of hydrogen-bond acceptors (Lipinski definition) is 3. The van der Waals surface area contributed by atoms with Crippen LogP contribution in [0.15, 0.2) is 35.3 Å². The van der Waals surface area contributed by atoms with Crippen molar-refractivity contribution in [2.45, 2.75) is 32.2 Å². The quantitative estimate of drug-likeness (QED) is 0.836. The van der Waals surface area contributed by atoms with Gasteiger partial charge in [-0.05, 0) is 59.8 Å². The topological polar surface area (TPSA) is 24.9 Å². The van der Waals surface area contributed by atoms with Crippen LogP contribution in [-0.2, 0) is 12.8 Å². The standard InChI is InChI=1S/C15H19ClN2S/c1-2-5-18-14(8-12-4-7-19-11-12)9-13-3-6-17-10-15(13)16/h3-4,6-7,10-11,14,18H,2,5,8-9H2,1H3. The Balaban J connectivity index is 2.03. The fraction of sp³-hybridized carbons (Fsp3) is 0.400. The lowest BCUT2D eigenvalue weighted by molar-refractivity contribution is 0.505. The zero-order chi connectivity index (χ0) is 13.5. The van der Waals surface area contributed by atoms with Crippen LogP contribution in [0.1, 0.15) is 24.5 Å². The fourth-order valence-electron chi connectivity index (χ4n) is 2.09. The van der Waals surface area contributed by atoms with E-state index in [0.717, 1.165) is 30.8 Å². The summed E-state index contributed by atoms with van der Waals surface area (Å²) in [5.74, 6) is 0. The minimum atomic E-state index is 0.425. The molecule has 0 bridgehead atoms. The molecule has 2 nitrogen and oxygen atoms in total. The van der Waals surface area contributed by atoms with E-state index in [1.807, 2.05) is 12.3 Å². The largest absolute Gasteiger partial charge is 0.313 e. The van der Waals surface area contributed by atoms with Crippen molar-refractivity contribution in [1.82, 2.24) is 10.3 Å². The van der Waals surface area contributed by atoms with E-state index in [1.165, 1.54) is 11.1 Å². The van der Waals surface area contributed by atoms with Crippen molar-refractivity contribution >= 4 is 22.9 Å². The second-order valence-electron chi connectivity index (χ2n) is 4.66. The molecule has 0 fully saturated rings. The van der Waals surface area contributed by atoms with E-state index in [0.29, 0.717) is 6.04 Å². The molecule has 102 valence electrons. The van der Waals surface area contributed by atoms with Crippen LogP contribution < -0.4 is 5.32 Å². The van der Waals surface area contributed by atoms with E-state index in [-0.39, 0.29) is 0 Å². The molecule has 1 N–H and O–H groups in total. The maximum atomic E-state index is 6.20. The molecule has 0 aliphatic rings. The normalized spacial score (nSPS) is 12.5. The van der Waals surface area contributed by atoms with Crippen molar-refractivity contribution in [3.05, 3.63) is 51.4 Å². The molecule has 19 heavy (non-hydrogen) atoms. The Kier molecular flexibility index (Phi) is 5.83. The van der Waals surface area contributed by atoms with Crippen molar-refractivity contribution in [3.8, 4) is 0 Å². The van der Waals surface area contributed by atoms with Gasteiger partial charge in [0.05, 0.1) is 5.02 Å². The monoisotopic (exact) mass is 294 g/mol. The maximum absolute atomic E-state index is 6.20. The smallest absolute Gasteiger partial charge is 0.0621 e. The zero-order valence-corrected chi connectivity index (χ0v) is 12.7. The van der Waals surface area contributed by atoms with Gasteiger partial charge in [0.15, 0.2) is 0 Å². The lowest BCUT2D eigenvalue weighted by Gasteiger charge is -2.18. The molecule has 0 aliphatic heterocycles. The van der Waals surface area contributed by atoms with Crippen LogP contribution in [0.25, 0.3) is 0 Å². The Hall–Kier alpha value is -0.900. The predicted octanol–water partition coefficient (Wildman–Crippen LogP) is 3.95. The van der Waals surface area contributed by atoms with Gasteiger partial charge < -0.3 is 5.32 Å². The van der Waals surface area contributed by atoms with Crippen LogP contribution in [0.4, 0.5) is 0 Å². The number of aromatic nitrogens is 1. The molecule has 0 radical (unpaired) electrons. The average Bonchev–Trinajstić information content (AvgIpc) is 2.91. The Morgan fingerprint density at radius 1 is 1.37 bits per heavy atom. The van der Waals surface area contributed by atoms with Crippen molar-refractivity contribution in [3.63, 3.8) is 0 Å². The van der Waals surface area contributed by atoms with Crippen LogP contribution in [-0.4, -0.2) is 17.6 Å². The number of nitrogens with one attached hydrogen (secondary N) is 1. The van der Waals surface area contributed by atoms with Gasteiger partial charge in [-0.15, -0.1) is 0 Å². The van der Waals surface area contributed by atoms with Crippen molar-refractivity contribution in [2.24, 2.45) is 0 Å². The molecule has 2 heterocycles. The molecule has 0 aromatic carbocycles. The first-order chi connectivity index (χ1) is 9.29. The Morgan fingerprint density at radius 2 is 2.26 bits per heavy atom. The number of pyridine rings is 1. The third kappa shape index (κ3) is 4.60. The summed E-state index contributed by atoms with van der Waals surface area (Å²) in [5, 5.41) is 8.72. The molecule has 2 aromatic rings. The van der Waals surface area contributed by atoms with E-state index in [4.69, 9.17) is 11.6 Å². The first kappa shape index (κ1) is 14.5. The number of hydrogen-bond donors (Lipinski definition) is 1. The highest BCUT2D eigenvalue weighted by molar-refractivity contribution is 7.07. The molecule has 4 heteroatoms. The number of nitrogens with zero attached hydrogens (tertiary/aromatic N) is 1. The highest BCUT2D eigenvalue weighted by Crippen LogP contribution is 2.17. The second-order valence-corrected chi connectivity index (χ2v) is 5.85. The second kappa shape index (κ2) is 7.63. The number of thiophene rings is 1. The maximum Gasteiger partial charge on any atom is 0.0621 e. The summed E-state index contributed by atoms with van der Waals surface area (Å²) < 4.78 is 0. The van der Waals surface area contributed by atoms with Crippen molar-refractivity contribution < 1.29 is 0 Å². The SMILES string of the molecule is CCCNC(Cc1ccsc1)Cc1ccncc1Cl. The van der Waals surface area contributed by atoms with Crippen LogP contribution in [0.5, 0.6) is 0 Å². The summed E-state index contributed by atoms with van der Waals surface area (Å²) in [6.45, 7) is 3.23. The van der Waals surface area contributed by atoms with Gasteiger partial charge in [-0.3, -0.25) is 4.98 Å². The molecule has 1 unspecified atom stereocenters.